The molecular formula is C15H18ClN3O. The molecular weight excluding hydrogens is 274 g/mol. The standard InChI is InChI=1S/C15H18ClN3O/c1-15(2,20-3)10-19-12-6-4-5-11(9-17)14(12)18-13(19)7-8-16/h4-6H,7-8,10H2,1-3H3. The number of alkyl halides is 1. The Labute approximate surface area is 123 Å². The van der Waals surface area contributed by atoms with Crippen LogP contribution in [-0.4, -0.2) is 28.1 Å². The molecule has 0 atom stereocenters. The van der Waals surface area contributed by atoms with Crippen molar-refractivity contribution < 1.29 is 4.74 Å². The number of nitriles is 1. The summed E-state index contributed by atoms with van der Waals surface area (Å²) in [6.07, 6.45) is 0.668. The number of rotatable bonds is 5. The summed E-state index contributed by atoms with van der Waals surface area (Å²) in [7, 11) is 1.70. The van der Waals surface area contributed by atoms with Gasteiger partial charge in [-0.25, -0.2) is 4.98 Å². The van der Waals surface area contributed by atoms with Crippen molar-refractivity contribution in [2.75, 3.05) is 13.0 Å². The summed E-state index contributed by atoms with van der Waals surface area (Å²) in [6.45, 7) is 4.72. The van der Waals surface area contributed by atoms with E-state index in [1.807, 2.05) is 26.0 Å². The van der Waals surface area contributed by atoms with Crippen LogP contribution in [0.4, 0.5) is 0 Å². The molecule has 4 nitrogen and oxygen atoms in total. The van der Waals surface area contributed by atoms with Crippen LogP contribution in [0.3, 0.4) is 0 Å². The van der Waals surface area contributed by atoms with Gasteiger partial charge in [0.15, 0.2) is 0 Å². The molecule has 0 spiro atoms. The molecule has 2 aromatic rings. The van der Waals surface area contributed by atoms with Crippen molar-refractivity contribution in [3.05, 3.63) is 29.6 Å². The number of hydrogen-bond acceptors (Lipinski definition) is 3. The smallest absolute Gasteiger partial charge is 0.111 e. The number of aryl methyl sites for hydroxylation is 1. The van der Waals surface area contributed by atoms with Gasteiger partial charge in [0.2, 0.25) is 0 Å². The summed E-state index contributed by atoms with van der Waals surface area (Å²) in [4.78, 5) is 4.59. The quantitative estimate of drug-likeness (QED) is 0.795. The fraction of sp³-hybridized carbons (Fsp3) is 0.467. The van der Waals surface area contributed by atoms with Crippen molar-refractivity contribution in [3.8, 4) is 6.07 Å². The molecule has 0 aliphatic heterocycles. The Morgan fingerprint density at radius 1 is 1.45 bits per heavy atom. The van der Waals surface area contributed by atoms with Crippen molar-refractivity contribution in [2.24, 2.45) is 0 Å². The Bertz CT molecular complexity index is 655. The molecule has 0 saturated carbocycles. The lowest BCUT2D eigenvalue weighted by molar-refractivity contribution is 0.00846. The first-order chi connectivity index (χ1) is 9.52. The van der Waals surface area contributed by atoms with E-state index in [1.165, 1.54) is 0 Å². The zero-order valence-corrected chi connectivity index (χ0v) is 12.7. The number of para-hydroxylation sites is 1. The molecule has 106 valence electrons. The molecule has 0 aliphatic rings. The highest BCUT2D eigenvalue weighted by molar-refractivity contribution is 6.17. The minimum absolute atomic E-state index is 0.308. The van der Waals surface area contributed by atoms with Crippen LogP contribution in [0.1, 0.15) is 25.2 Å². The zero-order chi connectivity index (χ0) is 14.8. The molecule has 0 unspecified atom stereocenters. The fourth-order valence-electron chi connectivity index (χ4n) is 2.18. The molecule has 0 saturated heterocycles. The van der Waals surface area contributed by atoms with Crippen molar-refractivity contribution >= 4 is 22.6 Å². The second-order valence-electron chi connectivity index (χ2n) is 5.30. The van der Waals surface area contributed by atoms with Crippen LogP contribution in [0.2, 0.25) is 0 Å². The van der Waals surface area contributed by atoms with Gasteiger partial charge < -0.3 is 9.30 Å². The average molecular weight is 292 g/mol. The summed E-state index contributed by atoms with van der Waals surface area (Å²) in [5.74, 6) is 1.39. The number of hydrogen-bond donors (Lipinski definition) is 0. The molecule has 2 rings (SSSR count). The molecule has 5 heteroatoms. The van der Waals surface area contributed by atoms with Crippen LogP contribution in [0.25, 0.3) is 11.0 Å². The monoisotopic (exact) mass is 291 g/mol. The van der Waals surface area contributed by atoms with Crippen molar-refractivity contribution in [2.45, 2.75) is 32.4 Å². The van der Waals surface area contributed by atoms with Crippen molar-refractivity contribution in [1.29, 1.82) is 5.26 Å². The summed E-state index contributed by atoms with van der Waals surface area (Å²) >= 11 is 5.86. The molecule has 0 bridgehead atoms. The number of imidazole rings is 1. The normalized spacial score (nSPS) is 11.8. The van der Waals surface area contributed by atoms with Crippen molar-refractivity contribution in [3.63, 3.8) is 0 Å². The molecule has 0 aliphatic carbocycles. The van der Waals surface area contributed by atoms with Crippen LogP contribution >= 0.6 is 11.6 Å². The molecule has 1 aromatic carbocycles. The molecule has 0 N–H and O–H groups in total. The van der Waals surface area contributed by atoms with Gasteiger partial charge in [0.1, 0.15) is 17.4 Å². The van der Waals surface area contributed by atoms with E-state index in [4.69, 9.17) is 16.3 Å². The molecule has 1 heterocycles. The molecule has 20 heavy (non-hydrogen) atoms. The van der Waals surface area contributed by atoms with Crippen LogP contribution in [-0.2, 0) is 17.7 Å². The lowest BCUT2D eigenvalue weighted by Crippen LogP contribution is -2.29. The van der Waals surface area contributed by atoms with E-state index < -0.39 is 0 Å². The van der Waals surface area contributed by atoms with E-state index in [9.17, 15) is 5.26 Å². The van der Waals surface area contributed by atoms with Crippen LogP contribution in [0, 0.1) is 11.3 Å². The first kappa shape index (κ1) is 14.8. The van der Waals surface area contributed by atoms with Gasteiger partial charge in [0.05, 0.1) is 23.2 Å². The first-order valence-electron chi connectivity index (χ1n) is 6.52. The third-order valence-corrected chi connectivity index (χ3v) is 3.58. The summed E-state index contributed by atoms with van der Waals surface area (Å²) in [5, 5.41) is 9.19. The highest BCUT2D eigenvalue weighted by Crippen LogP contribution is 2.23. The van der Waals surface area contributed by atoms with Gasteiger partial charge in [-0.1, -0.05) is 6.07 Å². The van der Waals surface area contributed by atoms with Gasteiger partial charge in [-0.2, -0.15) is 5.26 Å². The number of aromatic nitrogens is 2. The molecule has 0 amide bonds. The topological polar surface area (TPSA) is 50.8 Å². The summed E-state index contributed by atoms with van der Waals surface area (Å²) < 4.78 is 7.60. The Hall–Kier alpha value is -1.57. The maximum atomic E-state index is 9.19. The Morgan fingerprint density at radius 3 is 2.80 bits per heavy atom. The number of halogens is 1. The van der Waals surface area contributed by atoms with E-state index in [0.29, 0.717) is 24.4 Å². The predicted octanol–water partition coefficient (Wildman–Crippen LogP) is 3.11. The van der Waals surface area contributed by atoms with Gasteiger partial charge in [-0.05, 0) is 26.0 Å². The minimum atomic E-state index is -0.308. The highest BCUT2D eigenvalue weighted by Gasteiger charge is 2.22. The van der Waals surface area contributed by atoms with E-state index in [2.05, 4.69) is 15.6 Å². The fourth-order valence-corrected chi connectivity index (χ4v) is 2.35. The van der Waals surface area contributed by atoms with E-state index in [-0.39, 0.29) is 5.60 Å². The minimum Gasteiger partial charge on any atom is -0.377 e. The number of methoxy groups -OCH3 is 1. The van der Waals surface area contributed by atoms with Crippen molar-refractivity contribution in [1.82, 2.24) is 9.55 Å². The summed E-state index contributed by atoms with van der Waals surface area (Å²) in [6, 6.07) is 7.83. The predicted molar refractivity (Wildman–Crippen MR) is 80.0 cm³/mol. The maximum Gasteiger partial charge on any atom is 0.111 e. The number of benzene rings is 1. The third-order valence-electron chi connectivity index (χ3n) is 3.39. The van der Waals surface area contributed by atoms with E-state index in [1.54, 1.807) is 13.2 Å². The SMILES string of the molecule is COC(C)(C)Cn1c(CCCl)nc2c(C#N)cccc21. The number of fused-ring (bicyclic) bond motifs is 1. The lowest BCUT2D eigenvalue weighted by Gasteiger charge is -2.24. The Balaban J connectivity index is 2.61. The Morgan fingerprint density at radius 2 is 2.20 bits per heavy atom. The van der Waals surface area contributed by atoms with Crippen LogP contribution < -0.4 is 0 Å². The number of nitrogens with zero attached hydrogens (tertiary/aromatic N) is 3. The van der Waals surface area contributed by atoms with Gasteiger partial charge in [-0.15, -0.1) is 11.6 Å². The van der Waals surface area contributed by atoms with Gasteiger partial charge in [-0.3, -0.25) is 0 Å². The third kappa shape index (κ3) is 2.79. The second-order valence-corrected chi connectivity index (χ2v) is 5.68. The van der Waals surface area contributed by atoms with E-state index in [0.717, 1.165) is 16.9 Å². The highest BCUT2D eigenvalue weighted by atomic mass is 35.5. The van der Waals surface area contributed by atoms with Gasteiger partial charge >= 0.3 is 0 Å². The molecule has 0 fully saturated rings. The summed E-state index contributed by atoms with van der Waals surface area (Å²) in [5.41, 5.74) is 1.97. The van der Waals surface area contributed by atoms with Crippen LogP contribution in [0.15, 0.2) is 18.2 Å². The lowest BCUT2D eigenvalue weighted by atomic mass is 10.1. The maximum absolute atomic E-state index is 9.19. The average Bonchev–Trinajstić information content (AvgIpc) is 2.77. The molecule has 1 aromatic heterocycles. The molecule has 0 radical (unpaired) electrons. The second kappa shape index (κ2) is 5.82. The van der Waals surface area contributed by atoms with E-state index >= 15 is 0 Å². The first-order valence-corrected chi connectivity index (χ1v) is 7.05. The zero-order valence-electron chi connectivity index (χ0n) is 12.0. The number of ether oxygens (including phenoxy) is 1. The Kier molecular flexibility index (Phi) is 4.32. The van der Waals surface area contributed by atoms with Gasteiger partial charge in [0, 0.05) is 19.4 Å². The van der Waals surface area contributed by atoms with Gasteiger partial charge in [0.25, 0.3) is 0 Å². The largest absolute Gasteiger partial charge is 0.377 e. The van der Waals surface area contributed by atoms with Crippen LogP contribution in [0.5, 0.6) is 0 Å².